The van der Waals surface area contributed by atoms with Crippen molar-refractivity contribution in [2.24, 2.45) is 5.92 Å². The lowest BCUT2D eigenvalue weighted by molar-refractivity contribution is -0.00325. The minimum atomic E-state index is 0.248. The van der Waals surface area contributed by atoms with Crippen molar-refractivity contribution >= 4 is 0 Å². The van der Waals surface area contributed by atoms with Crippen LogP contribution in [0.1, 0.15) is 51.3 Å². The molecule has 3 heteroatoms. The fraction of sp³-hybridized carbons (Fsp3) is 0.706. The molecule has 0 aliphatic heterocycles. The van der Waals surface area contributed by atoms with Gasteiger partial charge in [-0.25, -0.2) is 0 Å². The highest BCUT2D eigenvalue weighted by Gasteiger charge is 2.36. The number of likely N-dealkylation sites (N-methyl/N-ethyl adjacent to an activating group) is 1. The van der Waals surface area contributed by atoms with E-state index in [9.17, 15) is 0 Å². The quantitative estimate of drug-likeness (QED) is 0.830. The molecule has 0 saturated carbocycles. The largest absolute Gasteiger partial charge is 0.377 e. The number of aryl methyl sites for hydroxylation is 1. The standard InChI is InChI=1S/C17H28N2O/c1-5-18-16(17(12(3)4)20-6-2)14-10-9-13-8-7-11-19-15(13)14/h7-8,11-12,14,16-18H,5-6,9-10H2,1-4H3. The van der Waals surface area contributed by atoms with Gasteiger partial charge in [0.1, 0.15) is 0 Å². The Morgan fingerprint density at radius 1 is 1.40 bits per heavy atom. The van der Waals surface area contributed by atoms with Crippen LogP contribution >= 0.6 is 0 Å². The Morgan fingerprint density at radius 2 is 2.20 bits per heavy atom. The molecule has 1 aliphatic rings. The highest BCUT2D eigenvalue weighted by molar-refractivity contribution is 5.30. The number of nitrogens with zero attached hydrogens (tertiary/aromatic N) is 1. The van der Waals surface area contributed by atoms with E-state index in [0.29, 0.717) is 17.9 Å². The van der Waals surface area contributed by atoms with Gasteiger partial charge in [-0.05, 0) is 43.9 Å². The summed E-state index contributed by atoms with van der Waals surface area (Å²) >= 11 is 0. The normalized spacial score (nSPS) is 20.9. The van der Waals surface area contributed by atoms with Gasteiger partial charge < -0.3 is 10.1 Å². The van der Waals surface area contributed by atoms with Crippen LogP contribution in [-0.4, -0.2) is 30.3 Å². The summed E-state index contributed by atoms with van der Waals surface area (Å²) < 4.78 is 6.06. The van der Waals surface area contributed by atoms with Crippen LogP contribution < -0.4 is 5.32 Å². The fourth-order valence-electron chi connectivity index (χ4n) is 3.42. The summed E-state index contributed by atoms with van der Waals surface area (Å²) in [5.74, 6) is 0.983. The molecular weight excluding hydrogens is 248 g/mol. The first-order chi connectivity index (χ1) is 9.69. The van der Waals surface area contributed by atoms with Crippen LogP contribution in [-0.2, 0) is 11.2 Å². The van der Waals surface area contributed by atoms with Crippen LogP contribution in [0.2, 0.25) is 0 Å². The first kappa shape index (κ1) is 15.5. The van der Waals surface area contributed by atoms with Crippen molar-refractivity contribution in [1.29, 1.82) is 0 Å². The molecule has 1 N–H and O–H groups in total. The SMILES string of the molecule is CCNC(C1CCc2cccnc21)C(OCC)C(C)C. The second kappa shape index (κ2) is 7.19. The molecule has 1 aliphatic carbocycles. The third-order valence-electron chi connectivity index (χ3n) is 4.25. The van der Waals surface area contributed by atoms with Crippen molar-refractivity contribution in [1.82, 2.24) is 10.3 Å². The van der Waals surface area contributed by atoms with Crippen LogP contribution in [0.3, 0.4) is 0 Å². The van der Waals surface area contributed by atoms with E-state index in [0.717, 1.165) is 19.6 Å². The number of hydrogen-bond donors (Lipinski definition) is 1. The fourth-order valence-corrected chi connectivity index (χ4v) is 3.42. The predicted octanol–water partition coefficient (Wildman–Crippen LogP) is 3.15. The number of rotatable bonds is 7. The van der Waals surface area contributed by atoms with Crippen molar-refractivity contribution in [2.75, 3.05) is 13.2 Å². The number of ether oxygens (including phenoxy) is 1. The zero-order chi connectivity index (χ0) is 14.5. The molecule has 0 radical (unpaired) electrons. The first-order valence-electron chi connectivity index (χ1n) is 7.97. The van der Waals surface area contributed by atoms with Gasteiger partial charge in [-0.15, -0.1) is 0 Å². The third-order valence-corrected chi connectivity index (χ3v) is 4.25. The molecule has 0 aromatic carbocycles. The third kappa shape index (κ3) is 3.21. The first-order valence-corrected chi connectivity index (χ1v) is 7.97. The van der Waals surface area contributed by atoms with E-state index in [1.165, 1.54) is 17.7 Å². The van der Waals surface area contributed by atoms with E-state index in [1.807, 2.05) is 12.3 Å². The Bertz CT molecular complexity index is 419. The molecule has 0 saturated heterocycles. The summed E-state index contributed by atoms with van der Waals surface area (Å²) in [6.07, 6.45) is 4.50. The molecule has 20 heavy (non-hydrogen) atoms. The van der Waals surface area contributed by atoms with Crippen LogP contribution in [0.5, 0.6) is 0 Å². The number of nitrogens with one attached hydrogen (secondary N) is 1. The summed E-state index contributed by atoms with van der Waals surface area (Å²) in [5, 5.41) is 3.67. The van der Waals surface area contributed by atoms with Crippen LogP contribution in [0, 0.1) is 5.92 Å². The highest BCUT2D eigenvalue weighted by atomic mass is 16.5. The molecule has 3 nitrogen and oxygen atoms in total. The van der Waals surface area contributed by atoms with E-state index in [4.69, 9.17) is 4.74 Å². The van der Waals surface area contributed by atoms with Crippen LogP contribution in [0.4, 0.5) is 0 Å². The topological polar surface area (TPSA) is 34.2 Å². The maximum absolute atomic E-state index is 6.06. The number of aromatic nitrogens is 1. The van der Waals surface area contributed by atoms with Crippen molar-refractivity contribution in [2.45, 2.75) is 58.6 Å². The van der Waals surface area contributed by atoms with Gasteiger partial charge in [0.15, 0.2) is 0 Å². The van der Waals surface area contributed by atoms with E-state index in [-0.39, 0.29) is 6.10 Å². The van der Waals surface area contributed by atoms with E-state index in [1.54, 1.807) is 0 Å². The molecule has 1 aromatic rings. The van der Waals surface area contributed by atoms with Gasteiger partial charge in [-0.1, -0.05) is 26.8 Å². The molecule has 3 atom stereocenters. The Kier molecular flexibility index (Phi) is 5.55. The van der Waals surface area contributed by atoms with Gasteiger partial charge in [-0.3, -0.25) is 4.98 Å². The average Bonchev–Trinajstić information content (AvgIpc) is 2.86. The minimum absolute atomic E-state index is 0.248. The number of hydrogen-bond acceptors (Lipinski definition) is 3. The molecule has 0 spiro atoms. The van der Waals surface area contributed by atoms with Gasteiger partial charge in [0.25, 0.3) is 0 Å². The molecule has 112 valence electrons. The highest BCUT2D eigenvalue weighted by Crippen LogP contribution is 2.36. The monoisotopic (exact) mass is 276 g/mol. The molecule has 0 amide bonds. The van der Waals surface area contributed by atoms with Crippen molar-refractivity contribution in [3.63, 3.8) is 0 Å². The lowest BCUT2D eigenvalue weighted by Crippen LogP contribution is -2.47. The zero-order valence-corrected chi connectivity index (χ0v) is 13.2. The molecule has 0 fully saturated rings. The van der Waals surface area contributed by atoms with Crippen LogP contribution in [0.15, 0.2) is 18.3 Å². The second-order valence-corrected chi connectivity index (χ2v) is 5.94. The molecule has 0 bridgehead atoms. The minimum Gasteiger partial charge on any atom is -0.377 e. The smallest absolute Gasteiger partial charge is 0.0757 e. The van der Waals surface area contributed by atoms with Gasteiger partial charge in [0.2, 0.25) is 0 Å². The lowest BCUT2D eigenvalue weighted by atomic mass is 9.87. The molecule has 1 aromatic heterocycles. The van der Waals surface area contributed by atoms with Gasteiger partial charge in [0, 0.05) is 30.5 Å². The van der Waals surface area contributed by atoms with E-state index < -0.39 is 0 Å². The van der Waals surface area contributed by atoms with E-state index >= 15 is 0 Å². The predicted molar refractivity (Wildman–Crippen MR) is 83.0 cm³/mol. The molecule has 3 unspecified atom stereocenters. The number of pyridine rings is 1. The molecular formula is C17H28N2O. The summed E-state index contributed by atoms with van der Waals surface area (Å²) in [7, 11) is 0. The van der Waals surface area contributed by atoms with Crippen molar-refractivity contribution in [3.8, 4) is 0 Å². The second-order valence-electron chi connectivity index (χ2n) is 5.94. The molecule has 1 heterocycles. The Hall–Kier alpha value is -0.930. The molecule has 2 rings (SSSR count). The maximum atomic E-state index is 6.06. The van der Waals surface area contributed by atoms with Gasteiger partial charge in [0.05, 0.1) is 6.10 Å². The van der Waals surface area contributed by atoms with Crippen LogP contribution in [0.25, 0.3) is 0 Å². The van der Waals surface area contributed by atoms with Gasteiger partial charge >= 0.3 is 0 Å². The Balaban J connectivity index is 2.24. The van der Waals surface area contributed by atoms with Crippen molar-refractivity contribution in [3.05, 3.63) is 29.6 Å². The Labute approximate surface area is 123 Å². The summed E-state index contributed by atoms with van der Waals surface area (Å²) in [6.45, 7) is 10.5. The summed E-state index contributed by atoms with van der Waals surface area (Å²) in [4.78, 5) is 4.65. The van der Waals surface area contributed by atoms with Gasteiger partial charge in [-0.2, -0.15) is 0 Å². The number of fused-ring (bicyclic) bond motifs is 1. The zero-order valence-electron chi connectivity index (χ0n) is 13.2. The summed E-state index contributed by atoms with van der Waals surface area (Å²) in [6, 6.07) is 4.62. The summed E-state index contributed by atoms with van der Waals surface area (Å²) in [5.41, 5.74) is 2.70. The average molecular weight is 276 g/mol. The lowest BCUT2D eigenvalue weighted by Gasteiger charge is -2.34. The maximum Gasteiger partial charge on any atom is 0.0757 e. The Morgan fingerprint density at radius 3 is 2.85 bits per heavy atom. The van der Waals surface area contributed by atoms with E-state index in [2.05, 4.69) is 44.1 Å². The van der Waals surface area contributed by atoms with Crippen molar-refractivity contribution < 1.29 is 4.74 Å².